The van der Waals surface area contributed by atoms with E-state index in [4.69, 9.17) is 0 Å². The highest BCUT2D eigenvalue weighted by atomic mass is 15.0. The molecule has 1 unspecified atom stereocenters. The first-order valence-electron chi connectivity index (χ1n) is 5.49. The molecule has 0 aromatic heterocycles. The number of piperidine rings is 1. The number of hydrogen-bond acceptors (Lipinski definition) is 2. The predicted molar refractivity (Wildman–Crippen MR) is 57.9 cm³/mol. The van der Waals surface area contributed by atoms with Crippen molar-refractivity contribution in [1.82, 2.24) is 10.6 Å². The van der Waals surface area contributed by atoms with Crippen LogP contribution in [0.15, 0.2) is 0 Å². The zero-order chi connectivity index (χ0) is 9.90. The second-order valence-corrected chi connectivity index (χ2v) is 5.16. The molecule has 1 rings (SSSR count). The molecule has 0 aromatic rings. The first-order valence-corrected chi connectivity index (χ1v) is 5.49. The topological polar surface area (TPSA) is 24.1 Å². The molecular formula is C11H24N2. The van der Waals surface area contributed by atoms with Gasteiger partial charge in [0.15, 0.2) is 0 Å². The molecule has 13 heavy (non-hydrogen) atoms. The zero-order valence-electron chi connectivity index (χ0n) is 9.48. The largest absolute Gasteiger partial charge is 0.313 e. The van der Waals surface area contributed by atoms with Crippen LogP contribution >= 0.6 is 0 Å². The Kier molecular flexibility index (Phi) is 3.74. The van der Waals surface area contributed by atoms with Gasteiger partial charge in [-0.05, 0) is 24.8 Å². The molecule has 2 nitrogen and oxygen atoms in total. The van der Waals surface area contributed by atoms with Gasteiger partial charge < -0.3 is 10.6 Å². The Morgan fingerprint density at radius 3 is 2.69 bits per heavy atom. The van der Waals surface area contributed by atoms with Crippen molar-refractivity contribution in [2.45, 2.75) is 52.6 Å². The molecule has 1 aliphatic rings. The quantitative estimate of drug-likeness (QED) is 0.698. The van der Waals surface area contributed by atoms with E-state index in [1.165, 1.54) is 19.4 Å². The molecule has 78 valence electrons. The van der Waals surface area contributed by atoms with Gasteiger partial charge in [0.1, 0.15) is 0 Å². The van der Waals surface area contributed by atoms with Crippen molar-refractivity contribution in [3.05, 3.63) is 0 Å². The first-order chi connectivity index (χ1) is 6.02. The van der Waals surface area contributed by atoms with Crippen LogP contribution in [0.3, 0.4) is 0 Å². The van der Waals surface area contributed by atoms with Crippen molar-refractivity contribution in [3.8, 4) is 0 Å². The minimum atomic E-state index is 0.458. The third-order valence-corrected chi connectivity index (χ3v) is 3.06. The van der Waals surface area contributed by atoms with Crippen molar-refractivity contribution in [3.63, 3.8) is 0 Å². The van der Waals surface area contributed by atoms with Gasteiger partial charge in [0.05, 0.1) is 0 Å². The molecule has 0 aliphatic carbocycles. The SMILES string of the molecule is CC(C)NCC1NCCCC1(C)C. The summed E-state index contributed by atoms with van der Waals surface area (Å²) in [6, 6.07) is 1.24. The van der Waals surface area contributed by atoms with Crippen LogP contribution in [0.5, 0.6) is 0 Å². The average molecular weight is 184 g/mol. The predicted octanol–water partition coefficient (Wildman–Crippen LogP) is 1.76. The Labute approximate surface area is 82.5 Å². The van der Waals surface area contributed by atoms with Crippen LogP contribution in [0.25, 0.3) is 0 Å². The fraction of sp³-hybridized carbons (Fsp3) is 1.00. The molecule has 1 saturated heterocycles. The Morgan fingerprint density at radius 1 is 1.46 bits per heavy atom. The lowest BCUT2D eigenvalue weighted by Gasteiger charge is -2.40. The van der Waals surface area contributed by atoms with E-state index in [1.807, 2.05) is 0 Å². The van der Waals surface area contributed by atoms with E-state index in [-0.39, 0.29) is 0 Å². The van der Waals surface area contributed by atoms with E-state index in [0.717, 1.165) is 6.54 Å². The lowest BCUT2D eigenvalue weighted by molar-refractivity contribution is 0.174. The van der Waals surface area contributed by atoms with Gasteiger partial charge in [-0.25, -0.2) is 0 Å². The molecule has 1 heterocycles. The number of rotatable bonds is 3. The van der Waals surface area contributed by atoms with E-state index in [9.17, 15) is 0 Å². The van der Waals surface area contributed by atoms with Crippen LogP contribution in [0.4, 0.5) is 0 Å². The molecule has 0 bridgehead atoms. The third kappa shape index (κ3) is 3.28. The summed E-state index contributed by atoms with van der Waals surface area (Å²) in [5.41, 5.74) is 0.458. The highest BCUT2D eigenvalue weighted by molar-refractivity contribution is 4.89. The highest BCUT2D eigenvalue weighted by Gasteiger charge is 2.31. The average Bonchev–Trinajstić information content (AvgIpc) is 2.01. The summed E-state index contributed by atoms with van der Waals surface area (Å²) in [6.45, 7) is 11.4. The lowest BCUT2D eigenvalue weighted by Crippen LogP contribution is -2.52. The molecule has 0 radical (unpaired) electrons. The standard InChI is InChI=1S/C11H24N2/c1-9(2)13-8-10-11(3,4)6-5-7-12-10/h9-10,12-13H,5-8H2,1-4H3. The van der Waals surface area contributed by atoms with Crippen LogP contribution < -0.4 is 10.6 Å². The summed E-state index contributed by atoms with van der Waals surface area (Å²) >= 11 is 0. The second-order valence-electron chi connectivity index (χ2n) is 5.16. The maximum atomic E-state index is 3.60. The Bertz CT molecular complexity index is 152. The normalized spacial score (nSPS) is 27.9. The van der Waals surface area contributed by atoms with Gasteiger partial charge in [0, 0.05) is 18.6 Å². The minimum Gasteiger partial charge on any atom is -0.313 e. The zero-order valence-corrected chi connectivity index (χ0v) is 9.48. The molecule has 0 amide bonds. The van der Waals surface area contributed by atoms with Crippen LogP contribution in [0, 0.1) is 5.41 Å². The highest BCUT2D eigenvalue weighted by Crippen LogP contribution is 2.29. The maximum Gasteiger partial charge on any atom is 0.0243 e. The second kappa shape index (κ2) is 4.43. The van der Waals surface area contributed by atoms with Crippen LogP contribution in [-0.2, 0) is 0 Å². The van der Waals surface area contributed by atoms with E-state index in [1.54, 1.807) is 0 Å². The van der Waals surface area contributed by atoms with Crippen LogP contribution in [0.1, 0.15) is 40.5 Å². The van der Waals surface area contributed by atoms with Crippen LogP contribution in [0.2, 0.25) is 0 Å². The molecule has 0 aromatic carbocycles. The van der Waals surface area contributed by atoms with E-state index < -0.39 is 0 Å². The molecule has 1 aliphatic heterocycles. The molecule has 1 atom stereocenters. The van der Waals surface area contributed by atoms with E-state index in [0.29, 0.717) is 17.5 Å². The van der Waals surface area contributed by atoms with Gasteiger partial charge in [0.25, 0.3) is 0 Å². The third-order valence-electron chi connectivity index (χ3n) is 3.06. The molecule has 2 N–H and O–H groups in total. The summed E-state index contributed by atoms with van der Waals surface area (Å²) in [5, 5.41) is 7.11. The fourth-order valence-electron chi connectivity index (χ4n) is 1.97. The summed E-state index contributed by atoms with van der Waals surface area (Å²) in [5.74, 6) is 0. The molecule has 1 fully saturated rings. The van der Waals surface area contributed by atoms with Gasteiger partial charge in [-0.15, -0.1) is 0 Å². The van der Waals surface area contributed by atoms with Gasteiger partial charge in [0.2, 0.25) is 0 Å². The summed E-state index contributed by atoms with van der Waals surface area (Å²) in [4.78, 5) is 0. The van der Waals surface area contributed by atoms with Gasteiger partial charge in [-0.2, -0.15) is 0 Å². The van der Waals surface area contributed by atoms with E-state index in [2.05, 4.69) is 38.3 Å². The molecule has 0 spiro atoms. The van der Waals surface area contributed by atoms with Crippen molar-refractivity contribution < 1.29 is 0 Å². The van der Waals surface area contributed by atoms with Gasteiger partial charge >= 0.3 is 0 Å². The van der Waals surface area contributed by atoms with E-state index >= 15 is 0 Å². The summed E-state index contributed by atoms with van der Waals surface area (Å²) in [6.07, 6.45) is 2.68. The molecule has 2 heteroatoms. The van der Waals surface area contributed by atoms with Crippen LogP contribution in [-0.4, -0.2) is 25.2 Å². The van der Waals surface area contributed by atoms with Crippen molar-refractivity contribution in [1.29, 1.82) is 0 Å². The monoisotopic (exact) mass is 184 g/mol. The Morgan fingerprint density at radius 2 is 2.15 bits per heavy atom. The van der Waals surface area contributed by atoms with Crippen molar-refractivity contribution >= 4 is 0 Å². The summed E-state index contributed by atoms with van der Waals surface area (Å²) in [7, 11) is 0. The summed E-state index contributed by atoms with van der Waals surface area (Å²) < 4.78 is 0. The Hall–Kier alpha value is -0.0800. The maximum absolute atomic E-state index is 3.60. The number of nitrogens with one attached hydrogen (secondary N) is 2. The fourth-order valence-corrected chi connectivity index (χ4v) is 1.97. The lowest BCUT2D eigenvalue weighted by atomic mass is 9.77. The van der Waals surface area contributed by atoms with Gasteiger partial charge in [-0.3, -0.25) is 0 Å². The number of hydrogen-bond donors (Lipinski definition) is 2. The van der Waals surface area contributed by atoms with Crippen molar-refractivity contribution in [2.75, 3.05) is 13.1 Å². The molecule has 0 saturated carbocycles. The molecular weight excluding hydrogens is 160 g/mol. The minimum absolute atomic E-state index is 0.458. The first kappa shape index (κ1) is 11.0. The smallest absolute Gasteiger partial charge is 0.0243 e. The Balaban J connectivity index is 2.37. The van der Waals surface area contributed by atoms with Gasteiger partial charge in [-0.1, -0.05) is 27.7 Å². The van der Waals surface area contributed by atoms with Crippen molar-refractivity contribution in [2.24, 2.45) is 5.41 Å².